The molecule has 1 saturated heterocycles. The Kier molecular flexibility index (Phi) is 3.56. The molecule has 98 valence electrons. The lowest BCUT2D eigenvalue weighted by molar-refractivity contribution is 0.476. The van der Waals surface area contributed by atoms with Crippen molar-refractivity contribution >= 4 is 5.95 Å². The van der Waals surface area contributed by atoms with E-state index in [0.717, 1.165) is 37.9 Å². The van der Waals surface area contributed by atoms with Gasteiger partial charge in [0.1, 0.15) is 5.75 Å². The van der Waals surface area contributed by atoms with E-state index >= 15 is 0 Å². The Bertz CT molecular complexity index is 509. The molecule has 1 aliphatic rings. The average molecular weight is 256 g/mol. The van der Waals surface area contributed by atoms with Crippen molar-refractivity contribution in [3.05, 3.63) is 42.7 Å². The van der Waals surface area contributed by atoms with E-state index in [2.05, 4.69) is 20.2 Å². The minimum atomic E-state index is 0.657. The fraction of sp³-hybridized carbons (Fsp3) is 0.286. The summed E-state index contributed by atoms with van der Waals surface area (Å²) in [6.07, 6.45) is 3.44. The molecular weight excluding hydrogens is 240 g/mol. The molecule has 1 aromatic heterocycles. The van der Waals surface area contributed by atoms with Crippen molar-refractivity contribution in [2.75, 3.05) is 31.1 Å². The highest BCUT2D eigenvalue weighted by Gasteiger charge is 2.12. The second kappa shape index (κ2) is 5.67. The molecule has 1 N–H and O–H groups in total. The van der Waals surface area contributed by atoms with Crippen LogP contribution >= 0.6 is 0 Å². The van der Waals surface area contributed by atoms with Crippen LogP contribution in [0.4, 0.5) is 5.95 Å². The molecule has 19 heavy (non-hydrogen) atoms. The van der Waals surface area contributed by atoms with Crippen molar-refractivity contribution < 1.29 is 4.74 Å². The Labute approximate surface area is 112 Å². The molecule has 2 aromatic rings. The van der Waals surface area contributed by atoms with Gasteiger partial charge in [-0.2, -0.15) is 0 Å². The van der Waals surface area contributed by atoms with Crippen molar-refractivity contribution in [3.63, 3.8) is 0 Å². The van der Waals surface area contributed by atoms with Gasteiger partial charge in [0.15, 0.2) is 5.75 Å². The summed E-state index contributed by atoms with van der Waals surface area (Å²) in [5.41, 5.74) is 0. The lowest BCUT2D eigenvalue weighted by Gasteiger charge is -2.27. The first-order valence-electron chi connectivity index (χ1n) is 6.42. The number of benzene rings is 1. The maximum absolute atomic E-state index is 5.66. The summed E-state index contributed by atoms with van der Waals surface area (Å²) in [7, 11) is 0. The fourth-order valence-electron chi connectivity index (χ4n) is 2.01. The molecule has 1 fully saturated rings. The van der Waals surface area contributed by atoms with Crippen LogP contribution < -0.4 is 15.0 Å². The predicted molar refractivity (Wildman–Crippen MR) is 73.6 cm³/mol. The number of rotatable bonds is 3. The van der Waals surface area contributed by atoms with E-state index in [0.29, 0.717) is 5.75 Å². The SMILES string of the molecule is c1ccc(Oc2cnc(N3CCNCC3)nc2)cc1. The van der Waals surface area contributed by atoms with Crippen molar-refractivity contribution in [1.82, 2.24) is 15.3 Å². The molecule has 0 aliphatic carbocycles. The molecule has 3 rings (SSSR count). The van der Waals surface area contributed by atoms with E-state index in [1.807, 2.05) is 30.3 Å². The molecule has 5 nitrogen and oxygen atoms in total. The fourth-order valence-corrected chi connectivity index (χ4v) is 2.01. The van der Waals surface area contributed by atoms with Crippen LogP contribution in [0.2, 0.25) is 0 Å². The molecule has 0 saturated carbocycles. The van der Waals surface area contributed by atoms with E-state index in [1.54, 1.807) is 12.4 Å². The van der Waals surface area contributed by atoms with Gasteiger partial charge >= 0.3 is 0 Å². The van der Waals surface area contributed by atoms with Gasteiger partial charge in [-0.05, 0) is 12.1 Å². The Hall–Kier alpha value is -2.14. The highest BCUT2D eigenvalue weighted by atomic mass is 16.5. The lowest BCUT2D eigenvalue weighted by atomic mass is 10.3. The van der Waals surface area contributed by atoms with Crippen LogP contribution in [0.5, 0.6) is 11.5 Å². The summed E-state index contributed by atoms with van der Waals surface area (Å²) in [5, 5.41) is 3.31. The summed E-state index contributed by atoms with van der Waals surface area (Å²) in [6, 6.07) is 9.64. The number of hydrogen-bond acceptors (Lipinski definition) is 5. The molecule has 1 aliphatic heterocycles. The normalized spacial score (nSPS) is 15.3. The highest BCUT2D eigenvalue weighted by Crippen LogP contribution is 2.20. The lowest BCUT2D eigenvalue weighted by Crippen LogP contribution is -2.44. The van der Waals surface area contributed by atoms with E-state index < -0.39 is 0 Å². The molecule has 2 heterocycles. The Morgan fingerprint density at radius 3 is 2.32 bits per heavy atom. The third kappa shape index (κ3) is 3.00. The van der Waals surface area contributed by atoms with Crippen LogP contribution in [0.1, 0.15) is 0 Å². The zero-order valence-electron chi connectivity index (χ0n) is 10.6. The molecule has 0 amide bonds. The third-order valence-corrected chi connectivity index (χ3v) is 2.99. The van der Waals surface area contributed by atoms with Gasteiger partial charge in [0, 0.05) is 26.2 Å². The maximum Gasteiger partial charge on any atom is 0.225 e. The van der Waals surface area contributed by atoms with Crippen LogP contribution in [-0.4, -0.2) is 36.1 Å². The number of nitrogens with zero attached hydrogens (tertiary/aromatic N) is 3. The summed E-state index contributed by atoms with van der Waals surface area (Å²) >= 11 is 0. The van der Waals surface area contributed by atoms with Crippen molar-refractivity contribution in [3.8, 4) is 11.5 Å². The quantitative estimate of drug-likeness (QED) is 0.905. The van der Waals surface area contributed by atoms with Crippen molar-refractivity contribution in [2.45, 2.75) is 0 Å². The van der Waals surface area contributed by atoms with Gasteiger partial charge in [0.25, 0.3) is 0 Å². The second-order valence-electron chi connectivity index (χ2n) is 4.37. The van der Waals surface area contributed by atoms with E-state index in [1.165, 1.54) is 0 Å². The Morgan fingerprint density at radius 1 is 0.947 bits per heavy atom. The molecule has 5 heteroatoms. The number of aromatic nitrogens is 2. The van der Waals surface area contributed by atoms with Gasteiger partial charge in [-0.15, -0.1) is 0 Å². The van der Waals surface area contributed by atoms with E-state index in [9.17, 15) is 0 Å². The predicted octanol–water partition coefficient (Wildman–Crippen LogP) is 1.68. The largest absolute Gasteiger partial charge is 0.454 e. The van der Waals surface area contributed by atoms with Crippen LogP contribution in [-0.2, 0) is 0 Å². The molecular formula is C14H16N4O. The Morgan fingerprint density at radius 2 is 1.63 bits per heavy atom. The molecule has 1 aromatic carbocycles. The minimum absolute atomic E-state index is 0.657. The first-order valence-corrected chi connectivity index (χ1v) is 6.42. The van der Waals surface area contributed by atoms with Crippen LogP contribution in [0.25, 0.3) is 0 Å². The summed E-state index contributed by atoms with van der Waals surface area (Å²) < 4.78 is 5.66. The minimum Gasteiger partial charge on any atom is -0.454 e. The second-order valence-corrected chi connectivity index (χ2v) is 4.37. The van der Waals surface area contributed by atoms with Crippen LogP contribution in [0.15, 0.2) is 42.7 Å². The monoisotopic (exact) mass is 256 g/mol. The Balaban J connectivity index is 1.68. The molecule has 0 spiro atoms. The first kappa shape index (κ1) is 11.9. The number of piperazine rings is 1. The number of hydrogen-bond donors (Lipinski definition) is 1. The highest BCUT2D eigenvalue weighted by molar-refractivity contribution is 5.34. The van der Waals surface area contributed by atoms with Gasteiger partial charge in [0.2, 0.25) is 5.95 Å². The smallest absolute Gasteiger partial charge is 0.225 e. The molecule has 0 bridgehead atoms. The topological polar surface area (TPSA) is 50.3 Å². The third-order valence-electron chi connectivity index (χ3n) is 2.99. The number of ether oxygens (including phenoxy) is 1. The van der Waals surface area contributed by atoms with Crippen LogP contribution in [0.3, 0.4) is 0 Å². The van der Waals surface area contributed by atoms with Gasteiger partial charge in [-0.1, -0.05) is 18.2 Å². The zero-order valence-corrected chi connectivity index (χ0v) is 10.6. The number of para-hydroxylation sites is 1. The van der Waals surface area contributed by atoms with Gasteiger partial charge in [-0.3, -0.25) is 0 Å². The summed E-state index contributed by atoms with van der Waals surface area (Å²) in [5.74, 6) is 2.22. The number of nitrogens with one attached hydrogen (secondary N) is 1. The van der Waals surface area contributed by atoms with Gasteiger partial charge < -0.3 is 15.0 Å². The van der Waals surface area contributed by atoms with E-state index in [-0.39, 0.29) is 0 Å². The molecule has 0 atom stereocenters. The molecule has 0 radical (unpaired) electrons. The van der Waals surface area contributed by atoms with Gasteiger partial charge in [-0.25, -0.2) is 9.97 Å². The maximum atomic E-state index is 5.66. The van der Waals surface area contributed by atoms with Crippen molar-refractivity contribution in [2.24, 2.45) is 0 Å². The zero-order chi connectivity index (χ0) is 12.9. The standard InChI is InChI=1S/C14H16N4O/c1-2-4-12(5-3-1)19-13-10-16-14(17-11-13)18-8-6-15-7-9-18/h1-5,10-11,15H,6-9H2. The first-order chi connectivity index (χ1) is 9.42. The van der Waals surface area contributed by atoms with Crippen molar-refractivity contribution in [1.29, 1.82) is 0 Å². The summed E-state index contributed by atoms with van der Waals surface area (Å²) in [4.78, 5) is 10.9. The molecule has 0 unspecified atom stereocenters. The summed E-state index contributed by atoms with van der Waals surface area (Å²) in [6.45, 7) is 3.84. The van der Waals surface area contributed by atoms with E-state index in [4.69, 9.17) is 4.74 Å². The van der Waals surface area contributed by atoms with Crippen LogP contribution in [0, 0.1) is 0 Å². The van der Waals surface area contributed by atoms with Gasteiger partial charge in [0.05, 0.1) is 12.4 Å². The average Bonchev–Trinajstić information content (AvgIpc) is 2.50. The number of anilines is 1.